The lowest BCUT2D eigenvalue weighted by Gasteiger charge is -2.54. The van der Waals surface area contributed by atoms with Gasteiger partial charge in [0.25, 0.3) is 0 Å². The first-order chi connectivity index (χ1) is 33.0. The smallest absolute Gasteiger partial charge is 0.410 e. The van der Waals surface area contributed by atoms with Crippen molar-refractivity contribution in [2.75, 3.05) is 20.8 Å². The minimum atomic E-state index is -1.49. The van der Waals surface area contributed by atoms with Gasteiger partial charge in [-0.2, -0.15) is 0 Å². The van der Waals surface area contributed by atoms with Gasteiger partial charge in [0, 0.05) is 63.1 Å². The second-order valence-electron chi connectivity index (χ2n) is 22.3. The van der Waals surface area contributed by atoms with Crippen LogP contribution in [0, 0.1) is 29.5 Å². The number of nitrogens with zero attached hydrogens (tertiary/aromatic N) is 2. The van der Waals surface area contributed by atoms with E-state index < -0.39 is 114 Å². The second kappa shape index (κ2) is 22.1. The number of carbonyl (C=O) groups excluding carboxylic acids is 3. The van der Waals surface area contributed by atoms with Gasteiger partial charge in [-0.1, -0.05) is 58.2 Å². The molecule has 4 aliphatic heterocycles. The molecule has 1 aromatic carbocycles. The molecule has 2 aliphatic carbocycles. The van der Waals surface area contributed by atoms with Crippen LogP contribution in [0.4, 0.5) is 9.18 Å². The first kappa shape index (κ1) is 55.2. The Hall–Kier alpha value is -2.51. The minimum Gasteiger partial charge on any atom is -0.458 e. The molecule has 0 radical (unpaired) electrons. The number of benzene rings is 1. The number of halogens is 2. The summed E-state index contributed by atoms with van der Waals surface area (Å²) in [4.78, 5) is 48.4. The number of aliphatic hydroxyl groups is 2. The number of ether oxygens (including phenoxy) is 8. The highest BCUT2D eigenvalue weighted by molar-refractivity contribution is 6.30. The molecular formula is C53H82ClFN2O13. The van der Waals surface area contributed by atoms with Crippen LogP contribution in [0.25, 0.3) is 0 Å². The summed E-state index contributed by atoms with van der Waals surface area (Å²) in [6.45, 7) is 18.3. The highest BCUT2D eigenvalue weighted by atomic mass is 35.5. The van der Waals surface area contributed by atoms with E-state index in [0.29, 0.717) is 24.1 Å². The summed E-state index contributed by atoms with van der Waals surface area (Å²) in [6, 6.07) is 4.03. The van der Waals surface area contributed by atoms with Crippen LogP contribution in [-0.2, 0) is 53.9 Å². The lowest BCUT2D eigenvalue weighted by Crippen LogP contribution is -2.65. The summed E-state index contributed by atoms with van der Waals surface area (Å²) in [5.74, 6) is -4.69. The number of aliphatic hydroxyl groups excluding tert-OH is 2. The van der Waals surface area contributed by atoms with Crippen molar-refractivity contribution in [1.82, 2.24) is 9.80 Å². The third kappa shape index (κ3) is 10.8. The van der Waals surface area contributed by atoms with E-state index in [2.05, 4.69) is 4.90 Å². The van der Waals surface area contributed by atoms with Gasteiger partial charge < -0.3 is 48.1 Å². The SMILES string of the molecule is CCC1OC(=O)C(C)C(OC2CC(C)(OC)C(O)C(C)O2)C(C)C(OC2OC(C)CC(N(C3CCC3)C3CCC3)C2O)C(C)(OC)CC(C)C(=O)C(C)C2N(CCc3ccc(F)c(Cl)c3)C(=O)OC12C. The van der Waals surface area contributed by atoms with Gasteiger partial charge in [-0.3, -0.25) is 19.4 Å². The van der Waals surface area contributed by atoms with E-state index in [0.717, 1.165) is 38.5 Å². The Balaban J connectivity index is 1.30. The molecule has 4 saturated heterocycles. The monoisotopic (exact) mass is 1010 g/mol. The van der Waals surface area contributed by atoms with E-state index in [-0.39, 0.29) is 55.2 Å². The highest BCUT2D eigenvalue weighted by Gasteiger charge is 2.61. The molecule has 2 N–H and O–H groups in total. The van der Waals surface area contributed by atoms with Gasteiger partial charge in [0.15, 0.2) is 18.2 Å². The lowest BCUT2D eigenvalue weighted by molar-refractivity contribution is -0.321. The van der Waals surface area contributed by atoms with Gasteiger partial charge in [0.05, 0.1) is 52.6 Å². The first-order valence-corrected chi connectivity index (χ1v) is 26.4. The number of rotatable bonds is 13. The van der Waals surface area contributed by atoms with E-state index in [4.69, 9.17) is 49.5 Å². The standard InChI is InChI=1S/C53H82ClFN2O13/c1-13-40-53(10)45(56(50(62)70-53)23-22-34-20-21-38(55)37(54)25-34)30(4)42(58)28(2)26-52(9,64-12)47(69-49-43(59)39(24-29(3)65-49)57(35-16-14-17-35)36-18-15-19-36)31(5)44(32(6)48(61)67-40)68-41-27-51(8,63-11)46(60)33(7)66-41/h20-21,25,28-33,35-36,39-41,43-47,49,59-60H,13-19,22-24,26-27H2,1-12H3. The molecule has 70 heavy (non-hydrogen) atoms. The molecule has 6 aliphatic rings. The topological polar surface area (TPSA) is 172 Å². The van der Waals surface area contributed by atoms with Gasteiger partial charge in [-0.25, -0.2) is 9.18 Å². The number of esters is 1. The van der Waals surface area contributed by atoms with Crippen LogP contribution >= 0.6 is 11.6 Å². The average Bonchev–Trinajstić information content (AvgIpc) is 3.55. The van der Waals surface area contributed by atoms with Crippen LogP contribution in [0.1, 0.15) is 139 Å². The fourth-order valence-corrected chi connectivity index (χ4v) is 13.0. The summed E-state index contributed by atoms with van der Waals surface area (Å²) in [5, 5.41) is 23.7. The van der Waals surface area contributed by atoms with Crippen molar-refractivity contribution in [3.05, 3.63) is 34.6 Å². The van der Waals surface area contributed by atoms with E-state index in [1.54, 1.807) is 47.8 Å². The molecule has 1 amide bonds. The molecule has 2 saturated carbocycles. The van der Waals surface area contributed by atoms with Crippen molar-refractivity contribution in [3.8, 4) is 0 Å². The Morgan fingerprint density at radius 2 is 1.53 bits per heavy atom. The summed E-state index contributed by atoms with van der Waals surface area (Å²) >= 11 is 6.15. The Kier molecular flexibility index (Phi) is 17.5. The van der Waals surface area contributed by atoms with Crippen LogP contribution in [0.5, 0.6) is 0 Å². The summed E-state index contributed by atoms with van der Waals surface area (Å²) in [6.07, 6.45) is -0.741. The number of cyclic esters (lactones) is 1. The van der Waals surface area contributed by atoms with Crippen LogP contribution in [-0.4, -0.2) is 155 Å². The zero-order chi connectivity index (χ0) is 51.2. The molecule has 6 fully saturated rings. The fourth-order valence-electron chi connectivity index (χ4n) is 12.8. The Labute approximate surface area is 420 Å². The Bertz CT molecular complexity index is 1980. The van der Waals surface area contributed by atoms with Crippen LogP contribution in [0.3, 0.4) is 0 Å². The predicted octanol–water partition coefficient (Wildman–Crippen LogP) is 7.79. The van der Waals surface area contributed by atoms with Gasteiger partial charge >= 0.3 is 12.1 Å². The Morgan fingerprint density at radius 1 is 0.886 bits per heavy atom. The summed E-state index contributed by atoms with van der Waals surface area (Å²) in [5.41, 5.74) is -3.16. The van der Waals surface area contributed by atoms with Crippen LogP contribution < -0.4 is 0 Å². The number of carbonyl (C=O) groups is 3. The lowest BCUT2D eigenvalue weighted by atomic mass is 9.73. The molecular weight excluding hydrogens is 927 g/mol. The maximum Gasteiger partial charge on any atom is 0.410 e. The third-order valence-electron chi connectivity index (χ3n) is 17.5. The first-order valence-electron chi connectivity index (χ1n) is 26.0. The highest BCUT2D eigenvalue weighted by Crippen LogP contribution is 2.46. The van der Waals surface area contributed by atoms with Crippen molar-refractivity contribution >= 4 is 29.4 Å². The molecule has 396 valence electrons. The fraction of sp³-hybridized carbons (Fsp3) is 0.830. The molecule has 0 spiro atoms. The van der Waals surface area contributed by atoms with Gasteiger partial charge in [0.2, 0.25) is 0 Å². The Morgan fingerprint density at radius 3 is 2.10 bits per heavy atom. The number of ketones is 1. The van der Waals surface area contributed by atoms with Gasteiger partial charge in [-0.05, 0) is 111 Å². The summed E-state index contributed by atoms with van der Waals surface area (Å²) in [7, 11) is 3.08. The summed E-state index contributed by atoms with van der Waals surface area (Å²) < 4.78 is 66.5. The molecule has 7 rings (SSSR count). The van der Waals surface area contributed by atoms with Crippen molar-refractivity contribution in [1.29, 1.82) is 0 Å². The van der Waals surface area contributed by atoms with Crippen molar-refractivity contribution in [3.63, 3.8) is 0 Å². The maximum atomic E-state index is 15.2. The quantitative estimate of drug-likeness (QED) is 0.184. The van der Waals surface area contributed by atoms with E-state index in [9.17, 15) is 19.4 Å². The minimum absolute atomic E-state index is 0.0492. The normalized spacial score (nSPS) is 42.7. The predicted molar refractivity (Wildman–Crippen MR) is 258 cm³/mol. The van der Waals surface area contributed by atoms with Crippen molar-refractivity contribution in [2.24, 2.45) is 23.7 Å². The average molecular weight is 1010 g/mol. The third-order valence-corrected chi connectivity index (χ3v) is 17.7. The van der Waals surface area contributed by atoms with Crippen LogP contribution in [0.2, 0.25) is 5.02 Å². The second-order valence-corrected chi connectivity index (χ2v) is 22.7. The molecule has 1 aromatic rings. The zero-order valence-electron chi connectivity index (χ0n) is 43.6. The number of fused-ring (bicyclic) bond motifs is 1. The van der Waals surface area contributed by atoms with Gasteiger partial charge in [-0.15, -0.1) is 0 Å². The van der Waals surface area contributed by atoms with Gasteiger partial charge in [0.1, 0.15) is 29.9 Å². The zero-order valence-corrected chi connectivity index (χ0v) is 44.3. The van der Waals surface area contributed by atoms with E-state index >= 15 is 9.59 Å². The molecule has 15 nitrogen and oxygen atoms in total. The van der Waals surface area contributed by atoms with Crippen molar-refractivity contribution in [2.45, 2.75) is 236 Å². The van der Waals surface area contributed by atoms with Crippen LogP contribution in [0.15, 0.2) is 18.2 Å². The largest absolute Gasteiger partial charge is 0.458 e. The van der Waals surface area contributed by atoms with E-state index in [1.807, 2.05) is 34.6 Å². The number of Topliss-reactive ketones (excluding diaryl/α,β-unsaturated/α-hetero) is 1. The van der Waals surface area contributed by atoms with Crippen molar-refractivity contribution < 1.29 is 66.9 Å². The molecule has 18 unspecified atom stereocenters. The number of hydrogen-bond acceptors (Lipinski definition) is 14. The maximum absolute atomic E-state index is 15.2. The molecule has 18 atom stereocenters. The van der Waals surface area contributed by atoms with E-state index in [1.165, 1.54) is 24.1 Å². The molecule has 17 heteroatoms. The molecule has 0 bridgehead atoms. The number of hydrogen-bond donors (Lipinski definition) is 2. The molecule has 0 aromatic heterocycles. The molecule has 4 heterocycles. The number of methoxy groups -OCH3 is 2. The number of amides is 1.